The van der Waals surface area contributed by atoms with E-state index in [4.69, 9.17) is 14.2 Å². The maximum Gasteiger partial charge on any atom is 0.251 e. The van der Waals surface area contributed by atoms with Crippen LogP contribution in [0.25, 0.3) is 5.69 Å². The minimum absolute atomic E-state index is 0.0846. The summed E-state index contributed by atoms with van der Waals surface area (Å²) in [5.74, 6) is 1.97. The lowest BCUT2D eigenvalue weighted by Gasteiger charge is -2.18. The van der Waals surface area contributed by atoms with Crippen molar-refractivity contribution < 1.29 is 23.8 Å². The van der Waals surface area contributed by atoms with Crippen molar-refractivity contribution in [3.05, 3.63) is 83.2 Å². The highest BCUT2D eigenvalue weighted by molar-refractivity contribution is 7.99. The van der Waals surface area contributed by atoms with Gasteiger partial charge in [-0.1, -0.05) is 43.8 Å². The van der Waals surface area contributed by atoms with E-state index in [-0.39, 0.29) is 24.1 Å². The Balaban J connectivity index is 1.59. The topological polar surface area (TPSA) is 117 Å². The number of carbonyl (C=O) groups is 2. The molecule has 10 nitrogen and oxygen atoms in total. The van der Waals surface area contributed by atoms with Gasteiger partial charge in [-0.25, -0.2) is 0 Å². The van der Waals surface area contributed by atoms with Crippen LogP contribution in [0.4, 0.5) is 5.69 Å². The number of carbonyl (C=O) groups excluding carboxylic acids is 2. The van der Waals surface area contributed by atoms with Crippen molar-refractivity contribution in [1.82, 2.24) is 20.1 Å². The van der Waals surface area contributed by atoms with Crippen molar-refractivity contribution in [3.8, 4) is 22.9 Å². The van der Waals surface area contributed by atoms with Gasteiger partial charge >= 0.3 is 0 Å². The lowest BCUT2D eigenvalue weighted by Crippen LogP contribution is -2.25. The monoisotopic (exact) mass is 589 g/mol. The highest BCUT2D eigenvalue weighted by Crippen LogP contribution is 2.31. The zero-order chi connectivity index (χ0) is 30.1. The molecular weight excluding hydrogens is 554 g/mol. The summed E-state index contributed by atoms with van der Waals surface area (Å²) in [5.41, 5.74) is 4.25. The minimum atomic E-state index is -0.242. The lowest BCUT2D eigenvalue weighted by atomic mass is 10.0. The van der Waals surface area contributed by atoms with E-state index in [0.29, 0.717) is 39.5 Å². The number of ether oxygens (including phenoxy) is 3. The van der Waals surface area contributed by atoms with Gasteiger partial charge in [-0.2, -0.15) is 0 Å². The zero-order valence-electron chi connectivity index (χ0n) is 24.4. The Morgan fingerprint density at radius 2 is 1.52 bits per heavy atom. The number of nitrogens with zero attached hydrogens (tertiary/aromatic N) is 3. The molecule has 0 aliphatic heterocycles. The quantitative estimate of drug-likeness (QED) is 0.208. The number of amides is 2. The molecule has 0 radical (unpaired) electrons. The Morgan fingerprint density at radius 1 is 0.857 bits per heavy atom. The van der Waals surface area contributed by atoms with Gasteiger partial charge in [-0.3, -0.25) is 14.2 Å². The molecule has 2 amide bonds. The minimum Gasteiger partial charge on any atom is -0.497 e. The molecule has 2 N–H and O–H groups in total. The fourth-order valence-electron chi connectivity index (χ4n) is 4.46. The molecule has 0 saturated heterocycles. The van der Waals surface area contributed by atoms with E-state index in [1.165, 1.54) is 18.9 Å². The summed E-state index contributed by atoms with van der Waals surface area (Å²) < 4.78 is 17.8. The van der Waals surface area contributed by atoms with E-state index in [1.54, 1.807) is 56.7 Å². The fraction of sp³-hybridized carbons (Fsp3) is 0.290. The molecule has 0 atom stereocenters. The Labute approximate surface area is 249 Å². The van der Waals surface area contributed by atoms with Crippen LogP contribution in [0, 0.1) is 0 Å². The van der Waals surface area contributed by atoms with E-state index in [9.17, 15) is 9.59 Å². The number of para-hydroxylation sites is 1. The number of benzene rings is 3. The van der Waals surface area contributed by atoms with Gasteiger partial charge in [0.2, 0.25) is 5.91 Å². The molecule has 4 rings (SSSR count). The maximum absolute atomic E-state index is 13.0. The molecule has 0 aliphatic carbocycles. The van der Waals surface area contributed by atoms with Crippen LogP contribution >= 0.6 is 11.8 Å². The largest absolute Gasteiger partial charge is 0.497 e. The van der Waals surface area contributed by atoms with Crippen LogP contribution in [0.5, 0.6) is 17.2 Å². The highest BCUT2D eigenvalue weighted by Gasteiger charge is 2.21. The van der Waals surface area contributed by atoms with Gasteiger partial charge in [0.25, 0.3) is 5.91 Å². The summed E-state index contributed by atoms with van der Waals surface area (Å²) >= 11 is 1.27. The lowest BCUT2D eigenvalue weighted by molar-refractivity contribution is -0.113. The second kappa shape index (κ2) is 14.4. The predicted octanol–water partition coefficient (Wildman–Crippen LogP) is 5.08. The third-order valence-electron chi connectivity index (χ3n) is 6.66. The molecule has 0 fully saturated rings. The van der Waals surface area contributed by atoms with Crippen LogP contribution in [-0.4, -0.2) is 53.7 Å². The second-order valence-corrected chi connectivity index (χ2v) is 10.1. The predicted molar refractivity (Wildman–Crippen MR) is 163 cm³/mol. The first-order valence-electron chi connectivity index (χ1n) is 13.5. The molecule has 0 saturated carbocycles. The zero-order valence-corrected chi connectivity index (χ0v) is 25.2. The average Bonchev–Trinajstić information content (AvgIpc) is 3.44. The third-order valence-corrected chi connectivity index (χ3v) is 7.59. The first-order valence-corrected chi connectivity index (χ1v) is 14.5. The molecule has 42 heavy (non-hydrogen) atoms. The van der Waals surface area contributed by atoms with E-state index in [2.05, 4.69) is 46.8 Å². The van der Waals surface area contributed by atoms with E-state index >= 15 is 0 Å². The van der Waals surface area contributed by atoms with Crippen molar-refractivity contribution in [3.63, 3.8) is 0 Å². The smallest absolute Gasteiger partial charge is 0.251 e. The fourth-order valence-corrected chi connectivity index (χ4v) is 5.21. The average molecular weight is 590 g/mol. The number of hydrogen-bond donors (Lipinski definition) is 2. The molecule has 1 heterocycles. The standard InChI is InChI=1S/C31H35N5O5S/c1-6-20-9-8-10-21(7-2)29(20)36-27(18-32-30(38)22-11-13-23(39-3)14-12-22)34-35-31(36)42-19-28(37)33-25-16-15-24(40-4)17-26(25)41-5/h8-17H,6-7,18-19H2,1-5H3,(H,32,38)(H,33,37). The number of aromatic nitrogens is 3. The van der Waals surface area contributed by atoms with E-state index < -0.39 is 0 Å². The van der Waals surface area contributed by atoms with Gasteiger partial charge in [0.15, 0.2) is 11.0 Å². The molecule has 0 unspecified atom stereocenters. The molecule has 3 aromatic carbocycles. The number of hydrogen-bond acceptors (Lipinski definition) is 8. The Morgan fingerprint density at radius 3 is 2.14 bits per heavy atom. The summed E-state index contributed by atoms with van der Waals surface area (Å²) in [6.07, 6.45) is 1.59. The van der Waals surface area contributed by atoms with Crippen LogP contribution in [0.3, 0.4) is 0 Å². The number of anilines is 1. The molecule has 0 bridgehead atoms. The van der Waals surface area contributed by atoms with Crippen molar-refractivity contribution in [2.75, 3.05) is 32.4 Å². The van der Waals surface area contributed by atoms with Gasteiger partial charge in [-0.15, -0.1) is 10.2 Å². The van der Waals surface area contributed by atoms with Gasteiger partial charge in [0.05, 0.1) is 45.0 Å². The van der Waals surface area contributed by atoms with Crippen LogP contribution < -0.4 is 24.8 Å². The SMILES string of the molecule is CCc1cccc(CC)c1-n1c(CNC(=O)c2ccc(OC)cc2)nnc1SCC(=O)Nc1ccc(OC)cc1OC. The summed E-state index contributed by atoms with van der Waals surface area (Å²) in [6.45, 7) is 4.33. The Bertz CT molecular complexity index is 1520. The van der Waals surface area contributed by atoms with Gasteiger partial charge < -0.3 is 24.8 Å². The molecule has 1 aromatic heterocycles. The third kappa shape index (κ3) is 7.03. The maximum atomic E-state index is 13.0. The van der Waals surface area contributed by atoms with Crippen molar-refractivity contribution in [2.24, 2.45) is 0 Å². The number of aryl methyl sites for hydroxylation is 2. The first-order chi connectivity index (χ1) is 20.4. The van der Waals surface area contributed by atoms with Gasteiger partial charge in [0, 0.05) is 11.6 Å². The molecule has 4 aromatic rings. The molecule has 220 valence electrons. The van der Waals surface area contributed by atoms with Gasteiger partial charge in [0.1, 0.15) is 17.2 Å². The van der Waals surface area contributed by atoms with Crippen molar-refractivity contribution in [2.45, 2.75) is 38.4 Å². The highest BCUT2D eigenvalue weighted by atomic mass is 32.2. The van der Waals surface area contributed by atoms with Crippen LogP contribution in [0.1, 0.15) is 41.2 Å². The second-order valence-electron chi connectivity index (χ2n) is 9.18. The molecular formula is C31H35N5O5S. The molecule has 11 heteroatoms. The van der Waals surface area contributed by atoms with Crippen molar-refractivity contribution >= 4 is 29.3 Å². The van der Waals surface area contributed by atoms with E-state index in [1.807, 2.05) is 10.6 Å². The normalized spacial score (nSPS) is 10.7. The molecule has 0 aliphatic rings. The number of thioether (sulfide) groups is 1. The Hall–Kier alpha value is -4.51. The summed E-state index contributed by atoms with van der Waals surface area (Å²) in [6, 6.07) is 18.3. The van der Waals surface area contributed by atoms with Crippen molar-refractivity contribution in [1.29, 1.82) is 0 Å². The number of methoxy groups -OCH3 is 3. The molecule has 0 spiro atoms. The summed E-state index contributed by atoms with van der Waals surface area (Å²) in [7, 11) is 4.68. The van der Waals surface area contributed by atoms with Crippen LogP contribution in [-0.2, 0) is 24.2 Å². The van der Waals surface area contributed by atoms with Crippen LogP contribution in [0.15, 0.2) is 65.8 Å². The van der Waals surface area contributed by atoms with Crippen LogP contribution in [0.2, 0.25) is 0 Å². The van der Waals surface area contributed by atoms with Gasteiger partial charge in [-0.05, 0) is 60.4 Å². The summed E-state index contributed by atoms with van der Waals surface area (Å²) in [5, 5.41) is 15.3. The number of nitrogens with one attached hydrogen (secondary N) is 2. The summed E-state index contributed by atoms with van der Waals surface area (Å²) in [4.78, 5) is 25.9. The van der Waals surface area contributed by atoms with E-state index in [0.717, 1.165) is 29.7 Å². The Kier molecular flexibility index (Phi) is 10.4. The number of rotatable bonds is 13. The first kappa shape index (κ1) is 30.4.